The summed E-state index contributed by atoms with van der Waals surface area (Å²) in [4.78, 5) is 0. The van der Waals surface area contributed by atoms with Gasteiger partial charge in [-0.2, -0.15) is 0 Å². The number of rotatable bonds is 2. The van der Waals surface area contributed by atoms with Crippen molar-refractivity contribution in [2.45, 2.75) is 44.3 Å². The van der Waals surface area contributed by atoms with Crippen LogP contribution in [-0.4, -0.2) is 15.0 Å². The Hall–Kier alpha value is -1.58. The van der Waals surface area contributed by atoms with Gasteiger partial charge in [0, 0.05) is 11.5 Å². The highest BCUT2D eigenvalue weighted by Gasteiger charge is 2.31. The van der Waals surface area contributed by atoms with Crippen molar-refractivity contribution in [3.63, 3.8) is 0 Å². The minimum atomic E-state index is -1.21. The van der Waals surface area contributed by atoms with Crippen molar-refractivity contribution < 1.29 is 4.55 Å². The second-order valence-corrected chi connectivity index (χ2v) is 8.89. The summed E-state index contributed by atoms with van der Waals surface area (Å²) in [6, 6.07) is 19.0. The molecule has 2 nitrogen and oxygen atoms in total. The van der Waals surface area contributed by atoms with Gasteiger partial charge in [-0.3, -0.25) is 0 Å². The van der Waals surface area contributed by atoms with Crippen LogP contribution in [0.2, 0.25) is 0 Å². The standard InChI is InChI=1S/C20H23NOS/c1-20(2,3)23(22)21-19-14-13-16(15-9-5-4-6-10-15)17-11-7-8-12-18(17)19/h4-12,16H,13-14H2,1-3H3/t16?,23-/m1/s1. The van der Waals surface area contributed by atoms with Crippen LogP contribution in [0.5, 0.6) is 0 Å². The maximum Gasteiger partial charge on any atom is 0.144 e. The van der Waals surface area contributed by atoms with E-state index in [2.05, 4.69) is 52.9 Å². The Bertz CT molecular complexity index is 703. The van der Waals surface area contributed by atoms with Gasteiger partial charge in [0.1, 0.15) is 16.1 Å². The predicted molar refractivity (Wildman–Crippen MR) is 98.4 cm³/mol. The van der Waals surface area contributed by atoms with Crippen molar-refractivity contribution in [1.82, 2.24) is 0 Å². The van der Waals surface area contributed by atoms with Crippen LogP contribution in [0.3, 0.4) is 0 Å². The molecule has 3 heteroatoms. The number of nitrogens with zero attached hydrogens (tertiary/aromatic N) is 1. The number of fused-ring (bicyclic) bond motifs is 1. The maximum atomic E-state index is 12.4. The second kappa shape index (κ2) is 6.50. The molecule has 0 amide bonds. The molecule has 0 spiro atoms. The molecule has 0 radical (unpaired) electrons. The molecule has 0 bridgehead atoms. The lowest BCUT2D eigenvalue weighted by Crippen LogP contribution is -2.28. The molecule has 0 saturated heterocycles. The van der Waals surface area contributed by atoms with Gasteiger partial charge in [-0.1, -0.05) is 59.0 Å². The number of hydrogen-bond acceptors (Lipinski definition) is 2. The van der Waals surface area contributed by atoms with Crippen LogP contribution >= 0.6 is 0 Å². The van der Waals surface area contributed by atoms with Crippen molar-refractivity contribution >= 4 is 17.1 Å². The Balaban J connectivity index is 2.00. The van der Waals surface area contributed by atoms with E-state index in [-0.39, 0.29) is 4.75 Å². The molecule has 2 atom stereocenters. The molecular weight excluding hydrogens is 302 g/mol. The molecule has 0 fully saturated rings. The quantitative estimate of drug-likeness (QED) is 0.726. The highest BCUT2D eigenvalue weighted by Crippen LogP contribution is 2.37. The van der Waals surface area contributed by atoms with E-state index >= 15 is 0 Å². The van der Waals surface area contributed by atoms with Crippen LogP contribution in [0.1, 0.15) is 56.2 Å². The normalized spacial score (nSPS) is 21.0. The van der Waals surface area contributed by atoms with Gasteiger partial charge in [0.15, 0.2) is 0 Å². The highest BCUT2D eigenvalue weighted by atomic mass is 32.2. The third kappa shape index (κ3) is 3.51. The van der Waals surface area contributed by atoms with Crippen LogP contribution in [0, 0.1) is 0 Å². The molecule has 120 valence electrons. The zero-order valence-electron chi connectivity index (χ0n) is 14.0. The van der Waals surface area contributed by atoms with Gasteiger partial charge in [0.05, 0.1) is 5.71 Å². The molecule has 0 N–H and O–H groups in total. The highest BCUT2D eigenvalue weighted by molar-refractivity contribution is 7.91. The van der Waals surface area contributed by atoms with Gasteiger partial charge in [-0.15, -0.1) is 0 Å². The Morgan fingerprint density at radius 1 is 1.00 bits per heavy atom. The summed E-state index contributed by atoms with van der Waals surface area (Å²) in [6.07, 6.45) is 1.89. The Labute approximate surface area is 142 Å². The van der Waals surface area contributed by atoms with Gasteiger partial charge < -0.3 is 4.55 Å². The lowest BCUT2D eigenvalue weighted by Gasteiger charge is -2.27. The molecule has 1 aliphatic carbocycles. The fraction of sp³-hybridized carbons (Fsp3) is 0.350. The summed E-state index contributed by atoms with van der Waals surface area (Å²) in [5.41, 5.74) is 4.79. The average molecular weight is 325 g/mol. The van der Waals surface area contributed by atoms with Gasteiger partial charge >= 0.3 is 0 Å². The SMILES string of the molecule is CC(C)(C)[S@@+]([O-])N=C1CCC(c2ccccc2)c2ccccc21. The van der Waals surface area contributed by atoms with E-state index in [1.54, 1.807) is 0 Å². The van der Waals surface area contributed by atoms with Crippen molar-refractivity contribution in [1.29, 1.82) is 0 Å². The smallest absolute Gasteiger partial charge is 0.144 e. The Kier molecular flexibility index (Phi) is 4.60. The van der Waals surface area contributed by atoms with Gasteiger partial charge in [0.2, 0.25) is 0 Å². The maximum absolute atomic E-state index is 12.4. The average Bonchev–Trinajstić information content (AvgIpc) is 2.55. The van der Waals surface area contributed by atoms with Crippen molar-refractivity contribution in [2.75, 3.05) is 0 Å². The Morgan fingerprint density at radius 3 is 2.35 bits per heavy atom. The third-order valence-electron chi connectivity index (χ3n) is 4.24. The number of hydrogen-bond donors (Lipinski definition) is 0. The van der Waals surface area contributed by atoms with Crippen LogP contribution in [0.15, 0.2) is 59.0 Å². The molecule has 3 rings (SSSR count). The molecule has 23 heavy (non-hydrogen) atoms. The third-order valence-corrected chi connectivity index (χ3v) is 5.67. The van der Waals surface area contributed by atoms with E-state index < -0.39 is 11.4 Å². The summed E-state index contributed by atoms with van der Waals surface area (Å²) in [5.74, 6) is 0.398. The van der Waals surface area contributed by atoms with Crippen molar-refractivity contribution in [3.05, 3.63) is 71.3 Å². The molecule has 0 aromatic heterocycles. The van der Waals surface area contributed by atoms with E-state index in [4.69, 9.17) is 0 Å². The topological polar surface area (TPSA) is 35.4 Å². The van der Waals surface area contributed by atoms with Gasteiger partial charge in [-0.25, -0.2) is 0 Å². The van der Waals surface area contributed by atoms with Gasteiger partial charge in [0.25, 0.3) is 0 Å². The summed E-state index contributed by atoms with van der Waals surface area (Å²) in [5, 5.41) is 0. The Morgan fingerprint density at radius 2 is 1.65 bits per heavy atom. The second-order valence-electron chi connectivity index (χ2n) is 6.99. The van der Waals surface area contributed by atoms with Crippen LogP contribution in [0.4, 0.5) is 0 Å². The predicted octanol–water partition coefficient (Wildman–Crippen LogP) is 4.86. The van der Waals surface area contributed by atoms with Gasteiger partial charge in [-0.05, 0) is 44.7 Å². The van der Waals surface area contributed by atoms with E-state index in [1.165, 1.54) is 11.1 Å². The van der Waals surface area contributed by atoms with Crippen molar-refractivity contribution in [3.8, 4) is 0 Å². The largest absolute Gasteiger partial charge is 0.591 e. The monoisotopic (exact) mass is 325 g/mol. The lowest BCUT2D eigenvalue weighted by molar-refractivity contribution is 0.561. The molecule has 0 saturated carbocycles. The van der Waals surface area contributed by atoms with Crippen molar-refractivity contribution in [2.24, 2.45) is 4.40 Å². The molecule has 1 aliphatic rings. The first-order valence-electron chi connectivity index (χ1n) is 8.10. The summed E-state index contributed by atoms with van der Waals surface area (Å²) < 4.78 is 16.7. The minimum Gasteiger partial charge on any atom is -0.591 e. The van der Waals surface area contributed by atoms with Crippen LogP contribution < -0.4 is 0 Å². The summed E-state index contributed by atoms with van der Waals surface area (Å²) >= 11 is -1.21. The van der Waals surface area contributed by atoms with E-state index in [0.717, 1.165) is 24.1 Å². The fourth-order valence-corrected chi connectivity index (χ4v) is 3.66. The molecule has 1 unspecified atom stereocenters. The van der Waals surface area contributed by atoms with E-state index in [1.807, 2.05) is 26.8 Å². The van der Waals surface area contributed by atoms with E-state index in [0.29, 0.717) is 5.92 Å². The molecule has 2 aromatic rings. The van der Waals surface area contributed by atoms with Crippen LogP contribution in [-0.2, 0) is 11.4 Å². The molecule has 0 heterocycles. The number of benzene rings is 2. The summed E-state index contributed by atoms with van der Waals surface area (Å²) in [6.45, 7) is 5.90. The zero-order valence-corrected chi connectivity index (χ0v) is 14.8. The first-order chi connectivity index (χ1) is 11.0. The van der Waals surface area contributed by atoms with Crippen LogP contribution in [0.25, 0.3) is 0 Å². The summed E-state index contributed by atoms with van der Waals surface area (Å²) in [7, 11) is 0. The van der Waals surface area contributed by atoms with E-state index in [9.17, 15) is 4.55 Å². The first-order valence-corrected chi connectivity index (χ1v) is 9.21. The molecule has 0 aliphatic heterocycles. The first kappa shape index (κ1) is 16.3. The lowest BCUT2D eigenvalue weighted by atomic mass is 9.78. The minimum absolute atomic E-state index is 0.321. The zero-order chi connectivity index (χ0) is 16.4. The molecule has 2 aromatic carbocycles. The molecular formula is C20H23NOS. The fourth-order valence-electron chi connectivity index (χ4n) is 3.00.